The number of nitrogens with zero attached hydrogens (tertiary/aromatic N) is 3. The molecule has 1 atom stereocenters. The smallest absolute Gasteiger partial charge is 0.407 e. The minimum absolute atomic E-state index is 0.00906. The molecule has 8 heteroatoms. The second kappa shape index (κ2) is 7.54. The lowest BCUT2D eigenvalue weighted by Gasteiger charge is -2.22. The molecule has 4 rings (SSSR count). The number of carbonyl (C=O) groups is 1. The third kappa shape index (κ3) is 3.99. The van der Waals surface area contributed by atoms with Crippen LogP contribution in [-0.2, 0) is 4.74 Å². The largest absolute Gasteiger partial charge is 0.444 e. The Bertz CT molecular complexity index is 1080. The van der Waals surface area contributed by atoms with Crippen LogP contribution in [0.1, 0.15) is 38.6 Å². The Labute approximate surface area is 180 Å². The lowest BCUT2D eigenvalue weighted by Crippen LogP contribution is -2.40. The minimum Gasteiger partial charge on any atom is -0.444 e. The summed E-state index contributed by atoms with van der Waals surface area (Å²) in [6.07, 6.45) is 0.412. The van der Waals surface area contributed by atoms with Gasteiger partial charge in [0, 0.05) is 29.5 Å². The number of benzene rings is 1. The number of anilines is 1. The first-order valence-electron chi connectivity index (χ1n) is 10.1. The Morgan fingerprint density at radius 3 is 2.63 bits per heavy atom. The fourth-order valence-corrected chi connectivity index (χ4v) is 4.16. The summed E-state index contributed by atoms with van der Waals surface area (Å²) in [4.78, 5) is 14.3. The van der Waals surface area contributed by atoms with Crippen LogP contribution in [0, 0.1) is 13.8 Å². The highest BCUT2D eigenvalue weighted by molar-refractivity contribution is 6.32. The molecule has 0 saturated carbocycles. The number of aromatic nitrogens is 2. The maximum absolute atomic E-state index is 12.1. The zero-order valence-corrected chi connectivity index (χ0v) is 18.7. The maximum Gasteiger partial charge on any atom is 0.407 e. The van der Waals surface area contributed by atoms with E-state index in [1.165, 1.54) is 0 Å². The van der Waals surface area contributed by atoms with Gasteiger partial charge in [0.1, 0.15) is 5.60 Å². The monoisotopic (exact) mass is 430 g/mol. The summed E-state index contributed by atoms with van der Waals surface area (Å²) in [5.74, 6) is 0.733. The van der Waals surface area contributed by atoms with Crippen molar-refractivity contribution in [2.45, 2.75) is 52.7 Å². The average molecular weight is 431 g/mol. The minimum atomic E-state index is -0.521. The molecular weight excluding hydrogens is 404 g/mol. The van der Waals surface area contributed by atoms with Gasteiger partial charge in [-0.25, -0.2) is 4.79 Å². The summed E-state index contributed by atoms with van der Waals surface area (Å²) in [6, 6.07) is 7.87. The summed E-state index contributed by atoms with van der Waals surface area (Å²) >= 11 is 6.47. The number of hydrogen-bond donors (Lipinski definition) is 1. The van der Waals surface area contributed by atoms with Gasteiger partial charge in [0.05, 0.1) is 17.1 Å². The van der Waals surface area contributed by atoms with E-state index in [4.69, 9.17) is 20.9 Å². The first-order valence-corrected chi connectivity index (χ1v) is 10.5. The number of ether oxygens (including phenoxy) is 1. The van der Waals surface area contributed by atoms with Gasteiger partial charge in [-0.2, -0.15) is 0 Å². The molecule has 0 radical (unpaired) electrons. The molecule has 0 unspecified atom stereocenters. The molecule has 1 aliphatic heterocycles. The third-order valence-electron chi connectivity index (χ3n) is 5.23. The van der Waals surface area contributed by atoms with E-state index in [-0.39, 0.29) is 6.04 Å². The Balaban J connectivity index is 1.61. The molecule has 160 valence electrons. The number of aryl methyl sites for hydroxylation is 2. The highest BCUT2D eigenvalue weighted by Crippen LogP contribution is 2.36. The summed E-state index contributed by atoms with van der Waals surface area (Å²) in [5.41, 5.74) is 3.21. The molecule has 7 nitrogen and oxygen atoms in total. The first-order chi connectivity index (χ1) is 14.1. The number of alkyl carbamates (subject to hydrolysis) is 1. The Morgan fingerprint density at radius 2 is 1.97 bits per heavy atom. The molecule has 1 N–H and O–H groups in total. The van der Waals surface area contributed by atoms with Gasteiger partial charge in [-0.05, 0) is 65.3 Å². The normalized spacial score (nSPS) is 17.0. The van der Waals surface area contributed by atoms with E-state index in [1.54, 1.807) is 0 Å². The molecule has 1 aromatic carbocycles. The predicted molar refractivity (Wildman–Crippen MR) is 118 cm³/mol. The van der Waals surface area contributed by atoms with Gasteiger partial charge < -0.3 is 19.5 Å². The van der Waals surface area contributed by atoms with Crippen LogP contribution in [0.2, 0.25) is 5.02 Å². The molecule has 1 fully saturated rings. The van der Waals surface area contributed by atoms with Gasteiger partial charge >= 0.3 is 6.09 Å². The number of fused-ring (bicyclic) bond motifs is 1. The topological polar surface area (TPSA) is 72.5 Å². The van der Waals surface area contributed by atoms with E-state index in [0.717, 1.165) is 41.2 Å². The highest BCUT2D eigenvalue weighted by atomic mass is 35.5. The molecule has 1 amide bonds. The molecule has 30 heavy (non-hydrogen) atoms. The lowest BCUT2D eigenvalue weighted by atomic mass is 10.2. The van der Waals surface area contributed by atoms with Crippen molar-refractivity contribution in [3.05, 3.63) is 40.7 Å². The van der Waals surface area contributed by atoms with Crippen LogP contribution in [0.15, 0.2) is 28.8 Å². The standard InChI is InChI=1S/C22H27ClN4O3/c1-13-6-7-14(2)27(13)20-17-10-15(23)11-18(19(17)30-25-20)26-9-8-16(12-26)24-21(28)29-22(3,4)5/h6-7,10-11,16H,8-9,12H2,1-5H3,(H,24,28)/t16-/m1/s1. The van der Waals surface area contributed by atoms with Crippen molar-refractivity contribution in [3.8, 4) is 5.82 Å². The van der Waals surface area contributed by atoms with Crippen LogP contribution < -0.4 is 10.2 Å². The van der Waals surface area contributed by atoms with Gasteiger partial charge in [-0.1, -0.05) is 16.8 Å². The molecule has 0 spiro atoms. The van der Waals surface area contributed by atoms with Gasteiger partial charge in [-0.15, -0.1) is 0 Å². The van der Waals surface area contributed by atoms with E-state index in [9.17, 15) is 4.79 Å². The molecule has 1 saturated heterocycles. The van der Waals surface area contributed by atoms with E-state index < -0.39 is 11.7 Å². The van der Waals surface area contributed by atoms with Crippen LogP contribution in [0.4, 0.5) is 10.5 Å². The molecule has 1 aliphatic rings. The quantitative estimate of drug-likeness (QED) is 0.633. The van der Waals surface area contributed by atoms with Crippen molar-refractivity contribution in [2.24, 2.45) is 0 Å². The first kappa shape index (κ1) is 20.6. The van der Waals surface area contributed by atoms with Crippen molar-refractivity contribution >= 4 is 34.4 Å². The number of nitrogens with one attached hydrogen (secondary N) is 1. The second-order valence-corrected chi connectivity index (χ2v) is 9.27. The number of amides is 1. The van der Waals surface area contributed by atoms with Gasteiger partial charge in [0.2, 0.25) is 0 Å². The number of carbonyl (C=O) groups excluding carboxylic acids is 1. The van der Waals surface area contributed by atoms with Crippen LogP contribution >= 0.6 is 11.6 Å². The highest BCUT2D eigenvalue weighted by Gasteiger charge is 2.29. The predicted octanol–water partition coefficient (Wildman–Crippen LogP) is 4.99. The van der Waals surface area contributed by atoms with Crippen LogP contribution in [0.5, 0.6) is 0 Å². The van der Waals surface area contributed by atoms with Gasteiger partial charge in [0.25, 0.3) is 0 Å². The number of hydrogen-bond acceptors (Lipinski definition) is 5. The van der Waals surface area contributed by atoms with E-state index in [0.29, 0.717) is 17.2 Å². The molecule has 2 aromatic heterocycles. The average Bonchev–Trinajstić information content (AvgIpc) is 3.32. The maximum atomic E-state index is 12.1. The Kier molecular flexibility index (Phi) is 5.18. The third-order valence-corrected chi connectivity index (χ3v) is 5.45. The Hall–Kier alpha value is -2.67. The Morgan fingerprint density at radius 1 is 1.27 bits per heavy atom. The number of rotatable bonds is 3. The zero-order chi connectivity index (χ0) is 21.6. The van der Waals surface area contributed by atoms with E-state index >= 15 is 0 Å². The van der Waals surface area contributed by atoms with Crippen molar-refractivity contribution in [1.29, 1.82) is 0 Å². The second-order valence-electron chi connectivity index (χ2n) is 8.84. The molecule has 0 bridgehead atoms. The van der Waals surface area contributed by atoms with E-state index in [2.05, 4.69) is 32.1 Å². The van der Waals surface area contributed by atoms with Crippen LogP contribution in [-0.4, -0.2) is 40.5 Å². The molecule has 3 aromatic rings. The van der Waals surface area contributed by atoms with Gasteiger partial charge in [0.15, 0.2) is 11.4 Å². The van der Waals surface area contributed by atoms with Crippen molar-refractivity contribution in [1.82, 2.24) is 15.0 Å². The summed E-state index contributed by atoms with van der Waals surface area (Å²) in [5, 5.41) is 8.79. The lowest BCUT2D eigenvalue weighted by molar-refractivity contribution is 0.0509. The van der Waals surface area contributed by atoms with Crippen molar-refractivity contribution in [2.75, 3.05) is 18.0 Å². The van der Waals surface area contributed by atoms with Crippen molar-refractivity contribution in [3.63, 3.8) is 0 Å². The van der Waals surface area contributed by atoms with E-state index in [1.807, 2.05) is 46.8 Å². The summed E-state index contributed by atoms with van der Waals surface area (Å²) in [6.45, 7) is 11.0. The summed E-state index contributed by atoms with van der Waals surface area (Å²) in [7, 11) is 0. The fourth-order valence-electron chi connectivity index (χ4n) is 3.95. The molecule has 0 aliphatic carbocycles. The molecule has 3 heterocycles. The fraction of sp³-hybridized carbons (Fsp3) is 0.455. The molecular formula is C22H27ClN4O3. The zero-order valence-electron chi connectivity index (χ0n) is 18.0. The number of halogens is 1. The van der Waals surface area contributed by atoms with Gasteiger partial charge in [-0.3, -0.25) is 4.57 Å². The van der Waals surface area contributed by atoms with Crippen LogP contribution in [0.25, 0.3) is 16.8 Å². The summed E-state index contributed by atoms with van der Waals surface area (Å²) < 4.78 is 13.2. The SMILES string of the molecule is Cc1ccc(C)n1-c1noc2c(N3CC[C@@H](NC(=O)OC(C)(C)C)C3)cc(Cl)cc12. The van der Waals surface area contributed by atoms with Crippen molar-refractivity contribution < 1.29 is 14.1 Å². The van der Waals surface area contributed by atoms with Crippen LogP contribution in [0.3, 0.4) is 0 Å².